The molecule has 0 spiro atoms. The Hall–Kier alpha value is -7.15. The lowest BCUT2D eigenvalue weighted by Crippen LogP contribution is -2.05. The summed E-state index contributed by atoms with van der Waals surface area (Å²) in [6.45, 7) is 0. The molecular formula is C51H31N5S. The van der Waals surface area contributed by atoms with Crippen molar-refractivity contribution in [3.63, 3.8) is 0 Å². The molecule has 0 fully saturated rings. The van der Waals surface area contributed by atoms with E-state index in [-0.39, 0.29) is 0 Å². The van der Waals surface area contributed by atoms with Gasteiger partial charge in [0.25, 0.3) is 0 Å². The van der Waals surface area contributed by atoms with Crippen molar-refractivity contribution in [1.29, 1.82) is 0 Å². The summed E-state index contributed by atoms with van der Waals surface area (Å²) >= 11 is 1.79. The van der Waals surface area contributed by atoms with Crippen molar-refractivity contribution in [3.8, 4) is 38.9 Å². The molecule has 0 atom stereocenters. The molecule has 13 rings (SSSR count). The predicted octanol–water partition coefficient (Wildman–Crippen LogP) is 13.3. The number of para-hydroxylation sites is 3. The van der Waals surface area contributed by atoms with Crippen molar-refractivity contribution in [2.24, 2.45) is 0 Å². The molecule has 0 aliphatic heterocycles. The summed E-state index contributed by atoms with van der Waals surface area (Å²) in [6, 6.07) is 54.5. The van der Waals surface area contributed by atoms with Crippen LogP contribution in [0, 0.1) is 0 Å². The van der Waals surface area contributed by atoms with Crippen molar-refractivity contribution in [3.05, 3.63) is 169 Å². The van der Waals surface area contributed by atoms with Crippen molar-refractivity contribution in [1.82, 2.24) is 23.9 Å². The fourth-order valence-corrected chi connectivity index (χ4v) is 10.5. The summed E-state index contributed by atoms with van der Waals surface area (Å²) in [5, 5.41) is 8.43. The van der Waals surface area contributed by atoms with Gasteiger partial charge in [0.2, 0.25) is 0 Å². The number of benzene rings is 7. The summed E-state index contributed by atoms with van der Waals surface area (Å²) < 4.78 is 6.05. The Labute approximate surface area is 330 Å². The van der Waals surface area contributed by atoms with Gasteiger partial charge >= 0.3 is 0 Å². The van der Waals surface area contributed by atoms with Crippen LogP contribution in [0.25, 0.3) is 115 Å². The van der Waals surface area contributed by atoms with E-state index in [4.69, 9.17) is 15.0 Å². The molecule has 7 aromatic carbocycles. The third-order valence-electron chi connectivity index (χ3n) is 11.9. The molecule has 5 nitrogen and oxygen atoms in total. The van der Waals surface area contributed by atoms with Gasteiger partial charge in [-0.2, -0.15) is 0 Å². The van der Waals surface area contributed by atoms with E-state index in [0.717, 1.165) is 68.5 Å². The van der Waals surface area contributed by atoms with Crippen LogP contribution in [0.4, 0.5) is 0 Å². The van der Waals surface area contributed by atoms with Crippen LogP contribution in [0.3, 0.4) is 0 Å². The number of rotatable bonds is 4. The zero-order valence-electron chi connectivity index (χ0n) is 30.6. The lowest BCUT2D eigenvalue weighted by atomic mass is 9.96. The minimum absolute atomic E-state index is 0.759. The quantitative estimate of drug-likeness (QED) is 0.180. The van der Waals surface area contributed by atoms with Crippen LogP contribution in [-0.2, 0) is 6.42 Å². The van der Waals surface area contributed by atoms with Gasteiger partial charge in [-0.1, -0.05) is 103 Å². The number of aromatic nitrogens is 5. The molecule has 1 aliphatic carbocycles. The first-order valence-corrected chi connectivity index (χ1v) is 20.3. The van der Waals surface area contributed by atoms with E-state index < -0.39 is 0 Å². The number of hydrogen-bond donors (Lipinski definition) is 0. The van der Waals surface area contributed by atoms with E-state index in [1.807, 2.05) is 0 Å². The summed E-state index contributed by atoms with van der Waals surface area (Å²) in [7, 11) is 0. The second kappa shape index (κ2) is 11.7. The number of thiazole rings is 1. The Bertz CT molecular complexity index is 3630. The molecule has 0 amide bonds. The van der Waals surface area contributed by atoms with Gasteiger partial charge in [-0.3, -0.25) is 0 Å². The third-order valence-corrected chi connectivity index (χ3v) is 13.1. The molecule has 0 radical (unpaired) electrons. The molecule has 6 heteroatoms. The average Bonchev–Trinajstić information content (AvgIpc) is 4.03. The standard InChI is InChI=1S/C51H31N5S/c1-3-13-30(14-4-1)51-53-41-29-39-38-27-31(23-25-45(38)56-43-22-12-9-19-36(43)46(48(39)56)49(41)57-51)47-35-18-7-10-20-40(35)52-50(54-47)32-24-26-44-37(28-32)34-17-8-11-21-42(34)55(44)33-15-5-2-6-16-33/h1-9,11-19,21-29H,10,20H2. The van der Waals surface area contributed by atoms with E-state index in [2.05, 4.69) is 173 Å². The van der Waals surface area contributed by atoms with Crippen LogP contribution in [-0.4, -0.2) is 23.9 Å². The van der Waals surface area contributed by atoms with Gasteiger partial charge in [0, 0.05) is 60.3 Å². The summed E-state index contributed by atoms with van der Waals surface area (Å²) in [5.41, 5.74) is 14.7. The van der Waals surface area contributed by atoms with Gasteiger partial charge in [0.05, 0.1) is 49.2 Å². The smallest absolute Gasteiger partial charge is 0.160 e. The van der Waals surface area contributed by atoms with Crippen molar-refractivity contribution >= 4 is 87.5 Å². The number of allylic oxidation sites excluding steroid dienone is 1. The first-order chi connectivity index (χ1) is 28.3. The maximum absolute atomic E-state index is 5.44. The summed E-state index contributed by atoms with van der Waals surface area (Å²) in [4.78, 5) is 15.9. The Morgan fingerprint density at radius 2 is 1.21 bits per heavy atom. The normalized spacial score (nSPS) is 13.1. The zero-order valence-corrected chi connectivity index (χ0v) is 31.5. The molecule has 5 heterocycles. The van der Waals surface area contributed by atoms with Crippen LogP contribution in [0.5, 0.6) is 0 Å². The van der Waals surface area contributed by atoms with E-state index in [1.165, 1.54) is 64.6 Å². The highest BCUT2D eigenvalue weighted by Crippen LogP contribution is 2.47. The Kier molecular flexibility index (Phi) is 6.37. The highest BCUT2D eigenvalue weighted by molar-refractivity contribution is 7.22. The van der Waals surface area contributed by atoms with Gasteiger partial charge in [0.15, 0.2) is 5.82 Å². The van der Waals surface area contributed by atoms with Gasteiger partial charge in [-0.25, -0.2) is 15.0 Å². The fraction of sp³-hybridized carbons (Fsp3) is 0.0392. The Balaban J connectivity index is 1.03. The van der Waals surface area contributed by atoms with E-state index >= 15 is 0 Å². The predicted molar refractivity (Wildman–Crippen MR) is 238 cm³/mol. The van der Waals surface area contributed by atoms with E-state index in [9.17, 15) is 0 Å². The lowest BCUT2D eigenvalue weighted by Gasteiger charge is -2.16. The topological polar surface area (TPSA) is 48.0 Å². The molecule has 0 saturated heterocycles. The van der Waals surface area contributed by atoms with Crippen molar-refractivity contribution < 1.29 is 0 Å². The van der Waals surface area contributed by atoms with Gasteiger partial charge in [-0.15, -0.1) is 11.3 Å². The third kappa shape index (κ3) is 4.41. The van der Waals surface area contributed by atoms with E-state index in [0.29, 0.717) is 0 Å². The highest BCUT2D eigenvalue weighted by Gasteiger charge is 2.24. The average molecular weight is 746 g/mol. The molecular weight excluding hydrogens is 715 g/mol. The first kappa shape index (κ1) is 31.1. The summed E-state index contributed by atoms with van der Waals surface area (Å²) in [6.07, 6.45) is 6.34. The molecule has 57 heavy (non-hydrogen) atoms. The number of aryl methyl sites for hydroxylation is 1. The Morgan fingerprint density at radius 1 is 0.526 bits per heavy atom. The maximum Gasteiger partial charge on any atom is 0.160 e. The van der Waals surface area contributed by atoms with Gasteiger partial charge in [0.1, 0.15) is 5.01 Å². The van der Waals surface area contributed by atoms with Crippen LogP contribution in [0.1, 0.15) is 17.7 Å². The second-order valence-corrected chi connectivity index (χ2v) is 16.1. The molecule has 0 N–H and O–H groups in total. The zero-order chi connectivity index (χ0) is 37.2. The Morgan fingerprint density at radius 3 is 2.09 bits per heavy atom. The highest BCUT2D eigenvalue weighted by atomic mass is 32.1. The molecule has 0 bridgehead atoms. The van der Waals surface area contributed by atoms with Crippen LogP contribution in [0.15, 0.2) is 158 Å². The largest absolute Gasteiger partial charge is 0.309 e. The lowest BCUT2D eigenvalue weighted by molar-refractivity contribution is 0.915. The molecule has 0 saturated carbocycles. The van der Waals surface area contributed by atoms with E-state index in [1.54, 1.807) is 11.3 Å². The SMILES string of the molecule is C1=Cc2c(nc(-c3ccc4c(c3)c3ccccc3n4-c3ccccc3)nc2-c2ccc3c(c2)c2cc4nc(-c5ccccc5)sc4c4c5ccccc5n3c24)CC1. The van der Waals surface area contributed by atoms with Crippen LogP contribution in [0.2, 0.25) is 0 Å². The number of fused-ring (bicyclic) bond motifs is 12. The van der Waals surface area contributed by atoms with Crippen molar-refractivity contribution in [2.75, 3.05) is 0 Å². The van der Waals surface area contributed by atoms with Crippen molar-refractivity contribution in [2.45, 2.75) is 12.8 Å². The monoisotopic (exact) mass is 745 g/mol. The number of nitrogens with zero attached hydrogens (tertiary/aromatic N) is 5. The minimum Gasteiger partial charge on any atom is -0.309 e. The first-order valence-electron chi connectivity index (χ1n) is 19.5. The fourth-order valence-electron chi connectivity index (χ4n) is 9.41. The molecule has 0 unspecified atom stereocenters. The maximum atomic E-state index is 5.44. The van der Waals surface area contributed by atoms with Crippen LogP contribution < -0.4 is 0 Å². The molecule has 12 aromatic rings. The number of hydrogen-bond acceptors (Lipinski definition) is 4. The second-order valence-electron chi connectivity index (χ2n) is 15.1. The van der Waals surface area contributed by atoms with Crippen LogP contribution >= 0.6 is 11.3 Å². The molecule has 1 aliphatic rings. The van der Waals surface area contributed by atoms with Gasteiger partial charge in [-0.05, 0) is 73.5 Å². The summed E-state index contributed by atoms with van der Waals surface area (Å²) in [5.74, 6) is 0.759. The molecule has 266 valence electrons. The molecule has 5 aromatic heterocycles. The minimum atomic E-state index is 0.759. The van der Waals surface area contributed by atoms with Gasteiger partial charge < -0.3 is 8.97 Å².